The third-order valence-corrected chi connectivity index (χ3v) is 4.62. The van der Waals surface area contributed by atoms with Crippen LogP contribution in [0.3, 0.4) is 0 Å². The molecular weight excluding hydrogens is 312 g/mol. The summed E-state index contributed by atoms with van der Waals surface area (Å²) in [7, 11) is 0. The van der Waals surface area contributed by atoms with E-state index in [-0.39, 0.29) is 11.4 Å². The number of ether oxygens (including phenoxy) is 1. The van der Waals surface area contributed by atoms with Crippen LogP contribution < -0.4 is 0 Å². The lowest BCUT2D eigenvalue weighted by atomic mass is 9.96. The first-order chi connectivity index (χ1) is 10.9. The van der Waals surface area contributed by atoms with Crippen LogP contribution in [0, 0.1) is 0 Å². The van der Waals surface area contributed by atoms with Crippen molar-refractivity contribution < 1.29 is 14.6 Å². The second-order valence-electron chi connectivity index (χ2n) is 6.05. The summed E-state index contributed by atoms with van der Waals surface area (Å²) in [4.78, 5) is 20.2. The summed E-state index contributed by atoms with van der Waals surface area (Å²) < 4.78 is 5.84. The molecule has 0 bridgehead atoms. The van der Waals surface area contributed by atoms with Gasteiger partial charge in [-0.2, -0.15) is 0 Å². The summed E-state index contributed by atoms with van der Waals surface area (Å²) in [6, 6.07) is 9.74. The van der Waals surface area contributed by atoms with E-state index in [1.54, 1.807) is 0 Å². The molecule has 3 rings (SSSR count). The van der Waals surface area contributed by atoms with Gasteiger partial charge in [0.25, 0.3) is 0 Å². The van der Waals surface area contributed by atoms with E-state index in [1.807, 2.05) is 44.2 Å². The van der Waals surface area contributed by atoms with Gasteiger partial charge in [-0.25, -0.2) is 9.97 Å². The van der Waals surface area contributed by atoms with E-state index in [2.05, 4.69) is 4.98 Å². The fourth-order valence-electron chi connectivity index (χ4n) is 2.49. The lowest BCUT2D eigenvalue weighted by molar-refractivity contribution is -0.133. The largest absolute Gasteiger partial charge is 0.481 e. The zero-order chi connectivity index (χ0) is 16.4. The Hall–Kier alpha value is -1.92. The summed E-state index contributed by atoms with van der Waals surface area (Å²) in [5, 5.41) is 9.65. The molecular formula is C17H18N2O3S. The average molecular weight is 330 g/mol. The number of aliphatic carboxylic acids is 1. The minimum Gasteiger partial charge on any atom is -0.481 e. The van der Waals surface area contributed by atoms with Gasteiger partial charge in [-0.05, 0) is 13.8 Å². The molecule has 6 heteroatoms. The second kappa shape index (κ2) is 6.29. The maximum atomic E-state index is 10.9. The second-order valence-corrected chi connectivity index (χ2v) is 7.02. The molecule has 0 atom stereocenters. The van der Waals surface area contributed by atoms with Gasteiger partial charge in [-0.15, -0.1) is 0 Å². The fourth-order valence-corrected chi connectivity index (χ4v) is 3.25. The molecule has 2 heterocycles. The predicted molar refractivity (Wildman–Crippen MR) is 88.4 cm³/mol. The molecule has 23 heavy (non-hydrogen) atoms. The van der Waals surface area contributed by atoms with E-state index in [9.17, 15) is 4.79 Å². The van der Waals surface area contributed by atoms with Crippen molar-refractivity contribution in [3.05, 3.63) is 41.6 Å². The van der Waals surface area contributed by atoms with Crippen LogP contribution in [0.2, 0.25) is 0 Å². The van der Waals surface area contributed by atoms with Gasteiger partial charge < -0.3 is 9.84 Å². The highest BCUT2D eigenvalue weighted by Crippen LogP contribution is 2.33. The highest BCUT2D eigenvalue weighted by Gasteiger charge is 2.30. The molecule has 0 saturated heterocycles. The minimum atomic E-state index is -0.860. The predicted octanol–water partition coefficient (Wildman–Crippen LogP) is 3.17. The zero-order valence-corrected chi connectivity index (χ0v) is 13.9. The standard InChI is InChI=1S/C17H18N2O3S/c1-17(2)8-13-12(9-22-17)16(23-10-14(20)21)19-15(18-13)11-6-4-3-5-7-11/h3-7H,8-10H2,1-2H3,(H,20,21). The Kier molecular flexibility index (Phi) is 4.37. The van der Waals surface area contributed by atoms with Crippen molar-refractivity contribution in [3.63, 3.8) is 0 Å². The van der Waals surface area contributed by atoms with Gasteiger partial charge >= 0.3 is 5.97 Å². The lowest BCUT2D eigenvalue weighted by Gasteiger charge is -2.32. The highest BCUT2D eigenvalue weighted by molar-refractivity contribution is 7.99. The molecule has 5 nitrogen and oxygen atoms in total. The van der Waals surface area contributed by atoms with Gasteiger partial charge in [-0.1, -0.05) is 42.1 Å². The minimum absolute atomic E-state index is 0.0267. The number of thioether (sulfide) groups is 1. The van der Waals surface area contributed by atoms with E-state index in [4.69, 9.17) is 14.8 Å². The molecule has 1 N–H and O–H groups in total. The molecule has 1 aliphatic heterocycles. The molecule has 0 aliphatic carbocycles. The topological polar surface area (TPSA) is 72.3 Å². The third-order valence-electron chi connectivity index (χ3n) is 3.62. The summed E-state index contributed by atoms with van der Waals surface area (Å²) >= 11 is 1.22. The normalized spacial score (nSPS) is 15.9. The van der Waals surface area contributed by atoms with E-state index in [1.165, 1.54) is 11.8 Å². The van der Waals surface area contributed by atoms with Crippen LogP contribution in [0.15, 0.2) is 35.4 Å². The van der Waals surface area contributed by atoms with Crippen molar-refractivity contribution in [1.82, 2.24) is 9.97 Å². The monoisotopic (exact) mass is 330 g/mol. The van der Waals surface area contributed by atoms with Crippen LogP contribution in [0.1, 0.15) is 25.1 Å². The SMILES string of the molecule is CC1(C)Cc2nc(-c3ccccc3)nc(SCC(=O)O)c2CO1. The lowest BCUT2D eigenvalue weighted by Crippen LogP contribution is -2.33. The van der Waals surface area contributed by atoms with Crippen LogP contribution in [-0.4, -0.2) is 32.4 Å². The Labute approximate surface area is 139 Å². The molecule has 0 radical (unpaired) electrons. The van der Waals surface area contributed by atoms with Crippen molar-refractivity contribution >= 4 is 17.7 Å². The number of carboxylic acid groups (broad SMARTS) is 1. The molecule has 0 fully saturated rings. The third kappa shape index (κ3) is 3.71. The van der Waals surface area contributed by atoms with Crippen LogP contribution in [0.25, 0.3) is 11.4 Å². The Bertz CT molecular complexity index is 732. The number of hydrogen-bond acceptors (Lipinski definition) is 5. The summed E-state index contributed by atoms with van der Waals surface area (Å²) in [6.07, 6.45) is 0.686. The van der Waals surface area contributed by atoms with E-state index in [0.717, 1.165) is 16.8 Å². The Morgan fingerprint density at radius 3 is 2.74 bits per heavy atom. The van der Waals surface area contributed by atoms with Crippen molar-refractivity contribution in [2.24, 2.45) is 0 Å². The molecule has 1 aromatic heterocycles. The van der Waals surface area contributed by atoms with Gasteiger partial charge in [-0.3, -0.25) is 4.79 Å². The summed E-state index contributed by atoms with van der Waals surface area (Å²) in [5.74, 6) is -0.253. The molecule has 2 aromatic rings. The molecule has 0 amide bonds. The van der Waals surface area contributed by atoms with E-state index >= 15 is 0 Å². The van der Waals surface area contributed by atoms with Crippen molar-refractivity contribution in [3.8, 4) is 11.4 Å². The first-order valence-electron chi connectivity index (χ1n) is 7.38. The van der Waals surface area contributed by atoms with Gasteiger partial charge in [0.2, 0.25) is 0 Å². The number of carbonyl (C=O) groups is 1. The smallest absolute Gasteiger partial charge is 0.313 e. The van der Waals surface area contributed by atoms with Crippen LogP contribution in [-0.2, 0) is 22.6 Å². The Morgan fingerprint density at radius 2 is 2.04 bits per heavy atom. The number of benzene rings is 1. The summed E-state index contributed by atoms with van der Waals surface area (Å²) in [5.41, 5.74) is 2.51. The van der Waals surface area contributed by atoms with Gasteiger partial charge in [0.1, 0.15) is 5.03 Å². The first kappa shape index (κ1) is 16.0. The van der Waals surface area contributed by atoms with Gasteiger partial charge in [0, 0.05) is 17.5 Å². The first-order valence-corrected chi connectivity index (χ1v) is 8.37. The molecule has 1 aromatic carbocycles. The van der Waals surface area contributed by atoms with Gasteiger partial charge in [0.05, 0.1) is 23.7 Å². The molecule has 0 saturated carbocycles. The van der Waals surface area contributed by atoms with Crippen molar-refractivity contribution in [1.29, 1.82) is 0 Å². The number of hydrogen-bond donors (Lipinski definition) is 1. The number of nitrogens with zero attached hydrogens (tertiary/aromatic N) is 2. The molecule has 120 valence electrons. The van der Waals surface area contributed by atoms with Crippen molar-refractivity contribution in [2.45, 2.75) is 37.5 Å². The average Bonchev–Trinajstić information content (AvgIpc) is 2.52. The molecule has 1 aliphatic rings. The molecule has 0 unspecified atom stereocenters. The zero-order valence-electron chi connectivity index (χ0n) is 13.1. The summed E-state index contributed by atoms with van der Waals surface area (Å²) in [6.45, 7) is 4.48. The molecule has 0 spiro atoms. The van der Waals surface area contributed by atoms with Crippen LogP contribution in [0.5, 0.6) is 0 Å². The number of carboxylic acids is 1. The van der Waals surface area contributed by atoms with Crippen molar-refractivity contribution in [2.75, 3.05) is 5.75 Å². The Morgan fingerprint density at radius 1 is 1.30 bits per heavy atom. The number of aromatic nitrogens is 2. The maximum absolute atomic E-state index is 10.9. The fraction of sp³-hybridized carbons (Fsp3) is 0.353. The van der Waals surface area contributed by atoms with Gasteiger partial charge in [0.15, 0.2) is 5.82 Å². The van der Waals surface area contributed by atoms with Crippen LogP contribution >= 0.6 is 11.8 Å². The number of rotatable bonds is 4. The van der Waals surface area contributed by atoms with E-state index < -0.39 is 5.97 Å². The highest BCUT2D eigenvalue weighted by atomic mass is 32.2. The quantitative estimate of drug-likeness (QED) is 0.686. The van der Waals surface area contributed by atoms with Crippen LogP contribution in [0.4, 0.5) is 0 Å². The Balaban J connectivity index is 2.05. The maximum Gasteiger partial charge on any atom is 0.313 e. The number of fused-ring (bicyclic) bond motifs is 1. The van der Waals surface area contributed by atoms with E-state index in [0.29, 0.717) is 23.9 Å².